The number of anilines is 1. The lowest BCUT2D eigenvalue weighted by atomic mass is 10.1. The van der Waals surface area contributed by atoms with Crippen molar-refractivity contribution in [3.63, 3.8) is 0 Å². The second kappa shape index (κ2) is 9.83. The van der Waals surface area contributed by atoms with Crippen molar-refractivity contribution in [3.8, 4) is 22.5 Å². The minimum absolute atomic E-state index is 0.127. The molecule has 9 heteroatoms. The topological polar surface area (TPSA) is 93.8 Å². The number of hydrogen-bond acceptors (Lipinski definition) is 5. The van der Waals surface area contributed by atoms with E-state index in [4.69, 9.17) is 0 Å². The van der Waals surface area contributed by atoms with Gasteiger partial charge in [0.2, 0.25) is 5.91 Å². The van der Waals surface area contributed by atoms with Crippen LogP contribution in [0.2, 0.25) is 0 Å². The predicted molar refractivity (Wildman–Crippen MR) is 130 cm³/mol. The number of amides is 2. The van der Waals surface area contributed by atoms with Gasteiger partial charge >= 0.3 is 0 Å². The van der Waals surface area contributed by atoms with Crippen LogP contribution in [0.1, 0.15) is 24.2 Å². The zero-order chi connectivity index (χ0) is 23.4. The Hall–Kier alpha value is -3.72. The minimum atomic E-state index is -0.326. The molecule has 4 rings (SSSR count). The van der Waals surface area contributed by atoms with Gasteiger partial charge in [0.25, 0.3) is 5.91 Å². The van der Waals surface area contributed by atoms with Gasteiger partial charge in [-0.25, -0.2) is 4.98 Å². The van der Waals surface area contributed by atoms with E-state index in [0.717, 1.165) is 29.1 Å². The standard InChI is InChI=1S/C24H26N6O2S/c1-16(2)13-30-10-7-19(14-30)23(32)25-12-22(31)27-24-26-21(15-33-24)18-6-4-5-17(11-18)20-8-9-29(3)28-20/h4-11,14-16H,12-13H2,1-3H3,(H,25,32)(H,26,27,31). The summed E-state index contributed by atoms with van der Waals surface area (Å²) < 4.78 is 3.73. The Labute approximate surface area is 196 Å². The quantitative estimate of drug-likeness (QED) is 0.413. The zero-order valence-electron chi connectivity index (χ0n) is 18.8. The van der Waals surface area contributed by atoms with Crippen molar-refractivity contribution in [3.05, 3.63) is 65.9 Å². The highest BCUT2D eigenvalue weighted by atomic mass is 32.1. The summed E-state index contributed by atoms with van der Waals surface area (Å²) >= 11 is 1.34. The monoisotopic (exact) mass is 462 g/mol. The Bertz CT molecular complexity index is 1270. The Morgan fingerprint density at radius 1 is 1.09 bits per heavy atom. The first kappa shape index (κ1) is 22.5. The Kier molecular flexibility index (Phi) is 6.69. The summed E-state index contributed by atoms with van der Waals surface area (Å²) in [7, 11) is 1.88. The summed E-state index contributed by atoms with van der Waals surface area (Å²) in [6, 6.07) is 11.7. The third kappa shape index (κ3) is 5.75. The number of aromatic nitrogens is 4. The van der Waals surface area contributed by atoms with Crippen LogP contribution in [-0.2, 0) is 18.4 Å². The minimum Gasteiger partial charge on any atom is -0.353 e. The molecule has 3 aromatic heterocycles. The summed E-state index contributed by atoms with van der Waals surface area (Å²) in [5, 5.41) is 12.2. The Balaban J connectivity index is 1.33. The molecule has 3 heterocycles. The fourth-order valence-corrected chi connectivity index (χ4v) is 4.14. The highest BCUT2D eigenvalue weighted by molar-refractivity contribution is 7.14. The molecule has 170 valence electrons. The van der Waals surface area contributed by atoms with Crippen molar-refractivity contribution >= 4 is 28.3 Å². The number of nitrogens with one attached hydrogen (secondary N) is 2. The van der Waals surface area contributed by atoms with Crippen LogP contribution < -0.4 is 10.6 Å². The number of carbonyl (C=O) groups excluding carboxylic acids is 2. The number of carbonyl (C=O) groups is 2. The van der Waals surface area contributed by atoms with Gasteiger partial charge in [-0.05, 0) is 24.1 Å². The summed E-state index contributed by atoms with van der Waals surface area (Å²) in [6.45, 7) is 4.94. The van der Waals surface area contributed by atoms with Gasteiger partial charge in [0, 0.05) is 48.7 Å². The normalized spacial score (nSPS) is 11.0. The number of aryl methyl sites for hydroxylation is 1. The molecule has 0 saturated carbocycles. The molecular formula is C24H26N6O2S. The number of benzene rings is 1. The number of thiazole rings is 1. The first-order valence-electron chi connectivity index (χ1n) is 10.7. The van der Waals surface area contributed by atoms with Crippen molar-refractivity contribution in [2.75, 3.05) is 11.9 Å². The number of hydrogen-bond donors (Lipinski definition) is 2. The molecule has 2 N–H and O–H groups in total. The molecule has 0 aliphatic carbocycles. The molecule has 0 saturated heterocycles. The van der Waals surface area contributed by atoms with Gasteiger partial charge in [-0.1, -0.05) is 32.0 Å². The summed E-state index contributed by atoms with van der Waals surface area (Å²) in [4.78, 5) is 29.1. The zero-order valence-corrected chi connectivity index (χ0v) is 19.6. The third-order valence-corrected chi connectivity index (χ3v) is 5.67. The maximum atomic E-state index is 12.3. The maximum absolute atomic E-state index is 12.3. The van der Waals surface area contributed by atoms with Crippen LogP contribution in [0.3, 0.4) is 0 Å². The highest BCUT2D eigenvalue weighted by Gasteiger charge is 2.12. The maximum Gasteiger partial charge on any atom is 0.253 e. The predicted octanol–water partition coefficient (Wildman–Crippen LogP) is 4.04. The Morgan fingerprint density at radius 2 is 1.88 bits per heavy atom. The van der Waals surface area contributed by atoms with E-state index in [1.165, 1.54) is 11.3 Å². The molecule has 0 unspecified atom stereocenters. The van der Waals surface area contributed by atoms with Gasteiger partial charge in [-0.3, -0.25) is 14.3 Å². The van der Waals surface area contributed by atoms with Crippen LogP contribution in [-0.4, -0.2) is 37.7 Å². The lowest BCUT2D eigenvalue weighted by Gasteiger charge is -2.06. The average Bonchev–Trinajstić information content (AvgIpc) is 3.53. The van der Waals surface area contributed by atoms with Crippen molar-refractivity contribution in [1.82, 2.24) is 24.6 Å². The molecule has 0 spiro atoms. The van der Waals surface area contributed by atoms with E-state index in [0.29, 0.717) is 16.6 Å². The molecule has 0 radical (unpaired) electrons. The van der Waals surface area contributed by atoms with Crippen molar-refractivity contribution in [2.24, 2.45) is 13.0 Å². The van der Waals surface area contributed by atoms with Gasteiger partial charge < -0.3 is 15.2 Å². The number of rotatable bonds is 8. The van der Waals surface area contributed by atoms with Crippen molar-refractivity contribution in [2.45, 2.75) is 20.4 Å². The van der Waals surface area contributed by atoms with Crippen LogP contribution in [0.4, 0.5) is 5.13 Å². The van der Waals surface area contributed by atoms with Gasteiger partial charge in [0.05, 0.1) is 23.5 Å². The van der Waals surface area contributed by atoms with Gasteiger partial charge in [-0.2, -0.15) is 5.10 Å². The summed E-state index contributed by atoms with van der Waals surface area (Å²) in [6.07, 6.45) is 5.56. The van der Waals surface area contributed by atoms with Crippen molar-refractivity contribution < 1.29 is 9.59 Å². The fraction of sp³-hybridized carbons (Fsp3) is 0.250. The van der Waals surface area contributed by atoms with E-state index < -0.39 is 0 Å². The molecule has 1 aromatic carbocycles. The fourth-order valence-electron chi connectivity index (χ4n) is 3.41. The molecular weight excluding hydrogens is 436 g/mol. The van der Waals surface area contributed by atoms with E-state index in [-0.39, 0.29) is 18.4 Å². The van der Waals surface area contributed by atoms with Crippen LogP contribution in [0.15, 0.2) is 60.4 Å². The van der Waals surface area contributed by atoms with Crippen LogP contribution in [0.5, 0.6) is 0 Å². The van der Waals surface area contributed by atoms with E-state index in [2.05, 4.69) is 34.6 Å². The first-order chi connectivity index (χ1) is 15.9. The van der Waals surface area contributed by atoms with E-state index >= 15 is 0 Å². The molecule has 0 bridgehead atoms. The average molecular weight is 463 g/mol. The smallest absolute Gasteiger partial charge is 0.253 e. The molecule has 0 aliphatic rings. The molecule has 2 amide bonds. The summed E-state index contributed by atoms with van der Waals surface area (Å²) in [5.74, 6) is -0.119. The second-order valence-corrected chi connectivity index (χ2v) is 9.07. The first-order valence-corrected chi connectivity index (χ1v) is 11.5. The Morgan fingerprint density at radius 3 is 2.61 bits per heavy atom. The highest BCUT2D eigenvalue weighted by Crippen LogP contribution is 2.28. The van der Waals surface area contributed by atoms with E-state index in [1.807, 2.05) is 59.7 Å². The largest absolute Gasteiger partial charge is 0.353 e. The summed E-state index contributed by atoms with van der Waals surface area (Å²) in [5.41, 5.74) is 4.13. The molecule has 0 atom stereocenters. The van der Waals surface area contributed by atoms with Gasteiger partial charge in [0.1, 0.15) is 0 Å². The second-order valence-electron chi connectivity index (χ2n) is 8.22. The van der Waals surface area contributed by atoms with Crippen LogP contribution >= 0.6 is 11.3 Å². The van der Waals surface area contributed by atoms with Gasteiger partial charge in [0.15, 0.2) is 5.13 Å². The van der Waals surface area contributed by atoms with Crippen LogP contribution in [0.25, 0.3) is 22.5 Å². The van der Waals surface area contributed by atoms with E-state index in [1.54, 1.807) is 16.9 Å². The molecule has 0 fully saturated rings. The lowest BCUT2D eigenvalue weighted by Crippen LogP contribution is -2.32. The lowest BCUT2D eigenvalue weighted by molar-refractivity contribution is -0.115. The number of nitrogens with zero attached hydrogens (tertiary/aromatic N) is 4. The molecule has 0 aliphatic heterocycles. The molecule has 33 heavy (non-hydrogen) atoms. The van der Waals surface area contributed by atoms with Crippen molar-refractivity contribution in [1.29, 1.82) is 0 Å². The van der Waals surface area contributed by atoms with Gasteiger partial charge in [-0.15, -0.1) is 11.3 Å². The SMILES string of the molecule is CC(C)Cn1ccc(C(=O)NCC(=O)Nc2nc(-c3cccc(-c4ccn(C)n4)c3)cs2)c1. The molecule has 4 aromatic rings. The van der Waals surface area contributed by atoms with Crippen LogP contribution in [0, 0.1) is 5.92 Å². The molecule has 8 nitrogen and oxygen atoms in total. The van der Waals surface area contributed by atoms with E-state index in [9.17, 15) is 9.59 Å². The third-order valence-electron chi connectivity index (χ3n) is 4.92.